The molecule has 1 atom stereocenters. The molecule has 122 valence electrons. The first-order valence-corrected chi connectivity index (χ1v) is 8.72. The molecule has 0 aromatic heterocycles. The number of nitrogens with zero attached hydrogens (tertiary/aromatic N) is 1. The number of hydrogen-bond donors (Lipinski definition) is 2. The van der Waals surface area contributed by atoms with E-state index in [0.29, 0.717) is 24.7 Å². The Morgan fingerprint density at radius 3 is 2.67 bits per heavy atom. The molecule has 2 aliphatic rings. The molecule has 0 aromatic carbocycles. The van der Waals surface area contributed by atoms with Crippen molar-refractivity contribution in [2.75, 3.05) is 26.2 Å². The van der Waals surface area contributed by atoms with Gasteiger partial charge < -0.3 is 15.3 Å². The van der Waals surface area contributed by atoms with E-state index < -0.39 is 5.60 Å². The molecule has 0 bridgehead atoms. The number of nitrogens with one attached hydrogen (secondary N) is 1. The van der Waals surface area contributed by atoms with Crippen molar-refractivity contribution in [3.05, 3.63) is 0 Å². The van der Waals surface area contributed by atoms with Crippen molar-refractivity contribution in [1.29, 1.82) is 0 Å². The molecule has 1 heterocycles. The highest BCUT2D eigenvalue weighted by atomic mass is 16.3. The first-order valence-electron chi connectivity index (χ1n) is 8.72. The largest absolute Gasteiger partial charge is 0.380 e. The van der Waals surface area contributed by atoms with E-state index in [2.05, 4.69) is 24.1 Å². The molecule has 21 heavy (non-hydrogen) atoms. The molecule has 0 spiro atoms. The van der Waals surface area contributed by atoms with Crippen LogP contribution in [0.2, 0.25) is 0 Å². The van der Waals surface area contributed by atoms with E-state index in [1.165, 1.54) is 19.4 Å². The van der Waals surface area contributed by atoms with Crippen LogP contribution in [0.25, 0.3) is 0 Å². The van der Waals surface area contributed by atoms with Crippen molar-refractivity contribution in [2.24, 2.45) is 11.8 Å². The molecule has 1 amide bonds. The first kappa shape index (κ1) is 16.8. The summed E-state index contributed by atoms with van der Waals surface area (Å²) in [7, 11) is 0. The lowest BCUT2D eigenvalue weighted by Gasteiger charge is -2.35. The quantitative estimate of drug-likeness (QED) is 0.817. The summed E-state index contributed by atoms with van der Waals surface area (Å²) in [5, 5.41) is 13.4. The van der Waals surface area contributed by atoms with Crippen LogP contribution < -0.4 is 5.32 Å². The highest BCUT2D eigenvalue weighted by Gasteiger charge is 2.37. The maximum Gasteiger partial charge on any atom is 0.251 e. The average molecular weight is 296 g/mol. The van der Waals surface area contributed by atoms with E-state index >= 15 is 0 Å². The Labute approximate surface area is 129 Å². The molecule has 0 aromatic rings. The molecule has 1 aliphatic carbocycles. The molecule has 0 unspecified atom stereocenters. The monoisotopic (exact) mass is 296 g/mol. The van der Waals surface area contributed by atoms with E-state index in [4.69, 9.17) is 0 Å². The van der Waals surface area contributed by atoms with Crippen LogP contribution in [0, 0.1) is 11.8 Å². The van der Waals surface area contributed by atoms with Gasteiger partial charge in [0.2, 0.25) is 0 Å². The fraction of sp³-hybridized carbons (Fsp3) is 0.941. The SMILES string of the molecule is CC(C)CN1CCC[C@H](CNC(=O)C2(O)CCCCC2)C1. The fourth-order valence-corrected chi connectivity index (χ4v) is 3.77. The van der Waals surface area contributed by atoms with Gasteiger partial charge in [-0.05, 0) is 44.1 Å². The third-order valence-corrected chi connectivity index (χ3v) is 4.88. The number of likely N-dealkylation sites (tertiary alicyclic amines) is 1. The lowest BCUT2D eigenvalue weighted by molar-refractivity contribution is -0.143. The molecule has 1 saturated heterocycles. The van der Waals surface area contributed by atoms with E-state index in [9.17, 15) is 9.90 Å². The highest BCUT2D eigenvalue weighted by molar-refractivity contribution is 5.84. The Bertz CT molecular complexity index is 338. The minimum absolute atomic E-state index is 0.136. The zero-order valence-electron chi connectivity index (χ0n) is 13.7. The predicted molar refractivity (Wildman–Crippen MR) is 85.0 cm³/mol. The summed E-state index contributed by atoms with van der Waals surface area (Å²) in [6.07, 6.45) is 6.74. The van der Waals surface area contributed by atoms with Gasteiger partial charge in [0.05, 0.1) is 0 Å². The standard InChI is InChI=1S/C17H32N2O2/c1-14(2)12-19-10-6-7-15(13-19)11-18-16(20)17(21)8-4-3-5-9-17/h14-15,21H,3-13H2,1-2H3,(H,18,20)/t15-/m1/s1. The van der Waals surface area contributed by atoms with Crippen molar-refractivity contribution in [3.8, 4) is 0 Å². The van der Waals surface area contributed by atoms with Gasteiger partial charge in [-0.2, -0.15) is 0 Å². The first-order chi connectivity index (χ1) is 9.99. The average Bonchev–Trinajstić information content (AvgIpc) is 2.45. The molecule has 2 rings (SSSR count). The van der Waals surface area contributed by atoms with Crippen LogP contribution in [0.5, 0.6) is 0 Å². The zero-order chi connectivity index (χ0) is 15.3. The number of rotatable bonds is 5. The molecule has 1 aliphatic heterocycles. The summed E-state index contributed by atoms with van der Waals surface area (Å²) >= 11 is 0. The molecule has 0 radical (unpaired) electrons. The molecule has 4 nitrogen and oxygen atoms in total. The third-order valence-electron chi connectivity index (χ3n) is 4.88. The van der Waals surface area contributed by atoms with Crippen molar-refractivity contribution in [2.45, 2.75) is 64.4 Å². The predicted octanol–water partition coefficient (Wildman–Crippen LogP) is 2.17. The van der Waals surface area contributed by atoms with Crippen molar-refractivity contribution >= 4 is 5.91 Å². The van der Waals surface area contributed by atoms with Crippen LogP contribution in [-0.4, -0.2) is 47.7 Å². The molecule has 1 saturated carbocycles. The summed E-state index contributed by atoms with van der Waals surface area (Å²) < 4.78 is 0. The minimum Gasteiger partial charge on any atom is -0.380 e. The normalized spacial score (nSPS) is 26.8. The molecular weight excluding hydrogens is 264 g/mol. The summed E-state index contributed by atoms with van der Waals surface area (Å²) in [4.78, 5) is 14.8. The van der Waals surface area contributed by atoms with Gasteiger partial charge in [0.1, 0.15) is 5.60 Å². The van der Waals surface area contributed by atoms with Crippen LogP contribution in [0.15, 0.2) is 0 Å². The molecule has 2 N–H and O–H groups in total. The number of aliphatic hydroxyl groups is 1. The Morgan fingerprint density at radius 2 is 2.00 bits per heavy atom. The molecule has 4 heteroatoms. The van der Waals surface area contributed by atoms with Gasteiger partial charge >= 0.3 is 0 Å². The molecule has 2 fully saturated rings. The maximum atomic E-state index is 12.2. The van der Waals surface area contributed by atoms with Crippen molar-refractivity contribution < 1.29 is 9.90 Å². The summed E-state index contributed by atoms with van der Waals surface area (Å²) in [5.41, 5.74) is -1.09. The minimum atomic E-state index is -1.09. The number of carbonyl (C=O) groups excluding carboxylic acids is 1. The zero-order valence-corrected chi connectivity index (χ0v) is 13.7. The highest BCUT2D eigenvalue weighted by Crippen LogP contribution is 2.28. The Morgan fingerprint density at radius 1 is 1.29 bits per heavy atom. The van der Waals surface area contributed by atoms with Gasteiger partial charge in [-0.25, -0.2) is 0 Å². The van der Waals surface area contributed by atoms with Crippen LogP contribution in [-0.2, 0) is 4.79 Å². The van der Waals surface area contributed by atoms with Crippen LogP contribution in [0.1, 0.15) is 58.8 Å². The second kappa shape index (κ2) is 7.59. The lowest BCUT2D eigenvalue weighted by Crippen LogP contribution is -2.50. The number of hydrogen-bond acceptors (Lipinski definition) is 3. The summed E-state index contributed by atoms with van der Waals surface area (Å²) in [5.74, 6) is 1.10. The van der Waals surface area contributed by atoms with E-state index in [1.54, 1.807) is 0 Å². The van der Waals surface area contributed by atoms with Gasteiger partial charge in [0, 0.05) is 19.6 Å². The third kappa shape index (κ3) is 4.96. The number of piperidine rings is 1. The van der Waals surface area contributed by atoms with E-state index in [1.807, 2.05) is 0 Å². The van der Waals surface area contributed by atoms with Gasteiger partial charge in [-0.15, -0.1) is 0 Å². The van der Waals surface area contributed by atoms with Gasteiger partial charge in [0.25, 0.3) is 5.91 Å². The van der Waals surface area contributed by atoms with Crippen LogP contribution in [0.3, 0.4) is 0 Å². The smallest absolute Gasteiger partial charge is 0.251 e. The van der Waals surface area contributed by atoms with Crippen LogP contribution in [0.4, 0.5) is 0 Å². The molecular formula is C17H32N2O2. The summed E-state index contributed by atoms with van der Waals surface area (Å²) in [6.45, 7) is 8.64. The van der Waals surface area contributed by atoms with Crippen molar-refractivity contribution in [1.82, 2.24) is 10.2 Å². The van der Waals surface area contributed by atoms with Crippen LogP contribution >= 0.6 is 0 Å². The topological polar surface area (TPSA) is 52.6 Å². The van der Waals surface area contributed by atoms with E-state index in [0.717, 1.165) is 38.9 Å². The van der Waals surface area contributed by atoms with Gasteiger partial charge in [-0.3, -0.25) is 4.79 Å². The fourth-order valence-electron chi connectivity index (χ4n) is 3.77. The number of carbonyl (C=O) groups is 1. The summed E-state index contributed by atoms with van der Waals surface area (Å²) in [6, 6.07) is 0. The number of amides is 1. The Kier molecular flexibility index (Phi) is 6.06. The van der Waals surface area contributed by atoms with Crippen molar-refractivity contribution in [3.63, 3.8) is 0 Å². The second-order valence-electron chi connectivity index (χ2n) is 7.46. The van der Waals surface area contributed by atoms with E-state index in [-0.39, 0.29) is 5.91 Å². The maximum absolute atomic E-state index is 12.2. The Hall–Kier alpha value is -0.610. The van der Waals surface area contributed by atoms with Gasteiger partial charge in [0.15, 0.2) is 0 Å². The Balaban J connectivity index is 1.75. The van der Waals surface area contributed by atoms with Gasteiger partial charge in [-0.1, -0.05) is 33.1 Å². The second-order valence-corrected chi connectivity index (χ2v) is 7.46. The lowest BCUT2D eigenvalue weighted by atomic mass is 9.84.